The zero-order chi connectivity index (χ0) is 37.7. The first-order valence-electron chi connectivity index (χ1n) is 11.7. The summed E-state index contributed by atoms with van der Waals surface area (Å²) in [6, 6.07) is 0. The van der Waals surface area contributed by atoms with Crippen LogP contribution < -0.4 is 282 Å². The molecular formula is C28H33K5O18. The van der Waals surface area contributed by atoms with Gasteiger partial charge in [-0.3, -0.25) is 19.2 Å². The summed E-state index contributed by atoms with van der Waals surface area (Å²) in [7, 11) is 4.69. The first-order valence-corrected chi connectivity index (χ1v) is 11.7. The van der Waals surface area contributed by atoms with Gasteiger partial charge in [-0.25, -0.2) is 0 Å². The second kappa shape index (κ2) is 50.1. The number of ether oxygens (including phenoxy) is 4. The number of hydrogen-bond acceptors (Lipinski definition) is 18. The van der Waals surface area contributed by atoms with Crippen LogP contribution in [0, 0.1) is 0 Å². The molecule has 258 valence electrons. The molecule has 0 unspecified atom stereocenters. The molecule has 0 aliphatic carbocycles. The van der Waals surface area contributed by atoms with Crippen molar-refractivity contribution in [2.45, 2.75) is 32.6 Å². The molecule has 0 N–H and O–H groups in total. The van der Waals surface area contributed by atoms with Crippen LogP contribution in [0.4, 0.5) is 0 Å². The van der Waals surface area contributed by atoms with E-state index in [1.54, 1.807) is 0 Å². The zero-order valence-electron chi connectivity index (χ0n) is 30.7. The standard InChI is InChI=1S/4C6H8O4.C4H6O2.5K/c4*1-4(6(8)9)3-5(7)10-2;1-3(2)4(5)6;;;;;/h4*1,3H2,2H3,(H,8,9);1H2,2H3,(H,5,6);;;;;/q;;;;;5*+1/p-5. The number of aliphatic carboxylic acids is 5. The van der Waals surface area contributed by atoms with Crippen LogP contribution in [0.15, 0.2) is 60.8 Å². The van der Waals surface area contributed by atoms with Crippen LogP contribution in [0.1, 0.15) is 32.6 Å². The van der Waals surface area contributed by atoms with Crippen LogP contribution in [0.25, 0.3) is 0 Å². The number of carbonyl (C=O) groups excluding carboxylic acids is 9. The van der Waals surface area contributed by atoms with E-state index in [0.29, 0.717) is 0 Å². The molecule has 0 saturated carbocycles. The van der Waals surface area contributed by atoms with Gasteiger partial charge in [0.1, 0.15) is 0 Å². The Morgan fingerprint density at radius 1 is 0.373 bits per heavy atom. The van der Waals surface area contributed by atoms with Gasteiger partial charge in [0.15, 0.2) is 0 Å². The van der Waals surface area contributed by atoms with Crippen LogP contribution in [0.3, 0.4) is 0 Å². The van der Waals surface area contributed by atoms with Crippen molar-refractivity contribution in [2.24, 2.45) is 0 Å². The van der Waals surface area contributed by atoms with E-state index in [-0.39, 0.29) is 310 Å². The number of hydrogen-bond donors (Lipinski definition) is 0. The van der Waals surface area contributed by atoms with Crippen LogP contribution >= 0.6 is 0 Å². The third-order valence-electron chi connectivity index (χ3n) is 3.84. The average Bonchev–Trinajstić information content (AvgIpc) is 2.97. The largest absolute Gasteiger partial charge is 1.00 e. The molecule has 0 aromatic carbocycles. The Hall–Kier alpha value is 2.11. The summed E-state index contributed by atoms with van der Waals surface area (Å²) in [4.78, 5) is 90.6. The van der Waals surface area contributed by atoms with E-state index in [1.807, 2.05) is 0 Å². The molecular weight excluding hydrogens is 820 g/mol. The van der Waals surface area contributed by atoms with Gasteiger partial charge in [0.25, 0.3) is 0 Å². The van der Waals surface area contributed by atoms with Crippen LogP contribution in [0.2, 0.25) is 0 Å². The number of rotatable bonds is 13. The summed E-state index contributed by atoms with van der Waals surface area (Å²) in [5.74, 6) is -9.41. The van der Waals surface area contributed by atoms with Crippen molar-refractivity contribution in [1.29, 1.82) is 0 Å². The first-order chi connectivity index (χ1) is 20.9. The first kappa shape index (κ1) is 77.6. The van der Waals surface area contributed by atoms with Crippen molar-refractivity contribution >= 4 is 53.7 Å². The summed E-state index contributed by atoms with van der Waals surface area (Å²) in [6.07, 6.45) is -1.28. The maximum absolute atomic E-state index is 10.4. The van der Waals surface area contributed by atoms with Crippen molar-refractivity contribution in [1.82, 2.24) is 0 Å². The normalized spacial score (nSPS) is 7.55. The Bertz CT molecular complexity index is 1040. The minimum Gasteiger partial charge on any atom is -0.545 e. The van der Waals surface area contributed by atoms with Crippen LogP contribution in [-0.2, 0) is 62.1 Å². The van der Waals surface area contributed by atoms with E-state index < -0.39 is 53.7 Å². The Morgan fingerprint density at radius 2 is 0.490 bits per heavy atom. The van der Waals surface area contributed by atoms with Gasteiger partial charge in [0.2, 0.25) is 0 Å². The molecule has 0 fully saturated rings. The summed E-state index contributed by atoms with van der Waals surface area (Å²) in [5, 5.41) is 49.2. The fourth-order valence-electron chi connectivity index (χ4n) is 1.27. The molecule has 0 aromatic heterocycles. The van der Waals surface area contributed by atoms with Gasteiger partial charge < -0.3 is 68.5 Å². The van der Waals surface area contributed by atoms with E-state index in [9.17, 15) is 68.7 Å². The maximum Gasteiger partial charge on any atom is 1.00 e. The Kier molecular flexibility index (Phi) is 76.3. The Balaban J connectivity index is -0.0000000507. The summed E-state index contributed by atoms with van der Waals surface area (Å²) in [6.45, 7) is 16.8. The fraction of sp³-hybridized carbons (Fsp3) is 0.321. The van der Waals surface area contributed by atoms with Gasteiger partial charge >= 0.3 is 281 Å². The summed E-state index contributed by atoms with van der Waals surface area (Å²) < 4.78 is 16.7. The van der Waals surface area contributed by atoms with Gasteiger partial charge in [-0.1, -0.05) is 32.9 Å². The van der Waals surface area contributed by atoms with Crippen LogP contribution in [-0.4, -0.2) is 82.2 Å². The third-order valence-corrected chi connectivity index (χ3v) is 3.84. The summed E-state index contributed by atoms with van der Waals surface area (Å²) in [5.41, 5.74) is -1.02. The van der Waals surface area contributed by atoms with Crippen molar-refractivity contribution in [3.8, 4) is 0 Å². The van der Waals surface area contributed by atoms with Gasteiger partial charge in [0.05, 0.1) is 84.0 Å². The molecule has 23 heteroatoms. The maximum atomic E-state index is 10.4. The number of esters is 4. The van der Waals surface area contributed by atoms with E-state index in [0.717, 1.165) is 0 Å². The molecule has 0 aliphatic heterocycles. The van der Waals surface area contributed by atoms with E-state index in [2.05, 4.69) is 51.8 Å². The molecule has 0 aliphatic rings. The molecule has 0 heterocycles. The van der Waals surface area contributed by atoms with Crippen molar-refractivity contribution in [2.75, 3.05) is 28.4 Å². The summed E-state index contributed by atoms with van der Waals surface area (Å²) >= 11 is 0. The van der Waals surface area contributed by atoms with Gasteiger partial charge in [-0.15, -0.1) is 0 Å². The average molecular weight is 853 g/mol. The van der Waals surface area contributed by atoms with E-state index in [4.69, 9.17) is 0 Å². The number of carboxylic acid groups (broad SMARTS) is 5. The second-order valence-corrected chi connectivity index (χ2v) is 7.64. The predicted molar refractivity (Wildman–Crippen MR) is 143 cm³/mol. The van der Waals surface area contributed by atoms with Crippen molar-refractivity contribution in [3.05, 3.63) is 60.8 Å². The smallest absolute Gasteiger partial charge is 0.545 e. The fourth-order valence-corrected chi connectivity index (χ4v) is 1.27. The van der Waals surface area contributed by atoms with Crippen LogP contribution in [0.5, 0.6) is 0 Å². The molecule has 18 nitrogen and oxygen atoms in total. The Labute approximate surface area is 508 Å². The minimum absolute atomic E-state index is 0. The van der Waals surface area contributed by atoms with E-state index >= 15 is 0 Å². The zero-order valence-corrected chi connectivity index (χ0v) is 46.3. The molecule has 0 saturated heterocycles. The number of carboxylic acids is 5. The predicted octanol–water partition coefficient (Wildman–Crippen LogP) is -20.2. The minimum atomic E-state index is -1.43. The number of methoxy groups -OCH3 is 4. The topological polar surface area (TPSA) is 306 Å². The van der Waals surface area contributed by atoms with Gasteiger partial charge in [0, 0.05) is 0 Å². The van der Waals surface area contributed by atoms with Crippen molar-refractivity contribution in [3.63, 3.8) is 0 Å². The third kappa shape index (κ3) is 61.5. The quantitative estimate of drug-likeness (QED) is 0.0719. The van der Waals surface area contributed by atoms with Gasteiger partial charge in [-0.05, 0) is 34.8 Å². The number of carbonyl (C=O) groups is 9. The van der Waals surface area contributed by atoms with Crippen molar-refractivity contribution < 1.29 is 345 Å². The molecule has 0 atom stereocenters. The van der Waals surface area contributed by atoms with E-state index in [1.165, 1.54) is 35.4 Å². The molecule has 0 bridgehead atoms. The monoisotopic (exact) mass is 852 g/mol. The molecule has 0 aromatic rings. The SMILES string of the molecule is C=C(C)C(=O)[O-].C=C(CC(=O)OC)C(=O)[O-].C=C(CC(=O)OC)C(=O)[O-].C=C(CC(=O)OC)C(=O)[O-].C=C(CC(=O)OC)C(=O)[O-].[K+].[K+].[K+].[K+].[K+]. The molecule has 51 heavy (non-hydrogen) atoms. The van der Waals surface area contributed by atoms with Gasteiger partial charge in [-0.2, -0.15) is 0 Å². The second-order valence-electron chi connectivity index (χ2n) is 7.64. The molecule has 0 amide bonds. The molecule has 0 spiro atoms. The Morgan fingerprint density at radius 3 is 0.549 bits per heavy atom. The molecule has 0 rings (SSSR count). The molecule has 0 radical (unpaired) electrons.